The molecule has 0 aromatic heterocycles. The van der Waals surface area contributed by atoms with E-state index in [2.05, 4.69) is 0 Å². The van der Waals surface area contributed by atoms with Crippen LogP contribution in [0.3, 0.4) is 0 Å². The molecule has 1 amide bonds. The first-order valence-electron chi connectivity index (χ1n) is 7.44. The molecule has 0 bridgehead atoms. The Kier molecular flexibility index (Phi) is 3.98. The lowest BCUT2D eigenvalue weighted by molar-refractivity contribution is -0.145. The summed E-state index contributed by atoms with van der Waals surface area (Å²) < 4.78 is 5.38. The molecule has 1 N–H and O–H groups in total. The first kappa shape index (κ1) is 15.1. The van der Waals surface area contributed by atoms with Crippen molar-refractivity contribution < 1.29 is 19.4 Å². The zero-order valence-electron chi connectivity index (χ0n) is 12.6. The second-order valence-electron chi connectivity index (χ2n) is 7.17. The third-order valence-electron chi connectivity index (χ3n) is 4.45. The van der Waals surface area contributed by atoms with E-state index in [9.17, 15) is 14.7 Å². The lowest BCUT2D eigenvalue weighted by Crippen LogP contribution is -2.38. The number of hydrogen-bond donors (Lipinski definition) is 1. The van der Waals surface area contributed by atoms with Crippen LogP contribution in [0.15, 0.2) is 0 Å². The first-order valence-corrected chi connectivity index (χ1v) is 7.44. The Labute approximate surface area is 120 Å². The molecule has 2 rings (SSSR count). The maximum Gasteiger partial charge on any atom is 0.410 e. The molecule has 1 heterocycles. The number of likely N-dealkylation sites (tertiary alicyclic amines) is 1. The molecule has 114 valence electrons. The summed E-state index contributed by atoms with van der Waals surface area (Å²) in [5.74, 6) is -1.23. The zero-order chi connectivity index (χ0) is 15.0. The number of hydrogen-bond acceptors (Lipinski definition) is 3. The van der Waals surface area contributed by atoms with Gasteiger partial charge in [-0.25, -0.2) is 4.79 Å². The molecule has 5 nitrogen and oxygen atoms in total. The van der Waals surface area contributed by atoms with Crippen molar-refractivity contribution in [1.82, 2.24) is 4.90 Å². The average Bonchev–Trinajstić information content (AvgIpc) is 2.67. The van der Waals surface area contributed by atoms with Gasteiger partial charge in [-0.15, -0.1) is 0 Å². The highest BCUT2D eigenvalue weighted by Crippen LogP contribution is 2.47. The molecule has 1 aliphatic heterocycles. The quantitative estimate of drug-likeness (QED) is 0.803. The molecule has 20 heavy (non-hydrogen) atoms. The van der Waals surface area contributed by atoms with Gasteiger partial charge in [-0.05, 0) is 33.6 Å². The van der Waals surface area contributed by atoms with E-state index in [1.807, 2.05) is 20.8 Å². The number of carboxylic acids is 1. The van der Waals surface area contributed by atoms with Crippen LogP contribution >= 0.6 is 0 Å². The Bertz CT molecular complexity index is 393. The van der Waals surface area contributed by atoms with Gasteiger partial charge in [-0.2, -0.15) is 0 Å². The molecule has 2 aliphatic rings. The fourth-order valence-electron chi connectivity index (χ4n) is 3.54. The third-order valence-corrected chi connectivity index (χ3v) is 4.45. The van der Waals surface area contributed by atoms with Gasteiger partial charge in [0.05, 0.1) is 5.92 Å². The summed E-state index contributed by atoms with van der Waals surface area (Å²) in [5.41, 5.74) is -0.779. The lowest BCUT2D eigenvalue weighted by Gasteiger charge is -2.36. The second-order valence-corrected chi connectivity index (χ2v) is 7.17. The molecule has 0 radical (unpaired) electrons. The minimum atomic E-state index is -0.780. The van der Waals surface area contributed by atoms with Crippen molar-refractivity contribution in [3.8, 4) is 0 Å². The van der Waals surface area contributed by atoms with Crippen molar-refractivity contribution in [2.75, 3.05) is 13.1 Å². The van der Waals surface area contributed by atoms with Crippen molar-refractivity contribution in [3.05, 3.63) is 0 Å². The van der Waals surface area contributed by atoms with Gasteiger partial charge >= 0.3 is 12.1 Å². The molecule has 1 atom stereocenters. The van der Waals surface area contributed by atoms with E-state index in [-0.39, 0.29) is 18.1 Å². The van der Waals surface area contributed by atoms with E-state index in [1.165, 1.54) is 6.42 Å². The van der Waals surface area contributed by atoms with Gasteiger partial charge in [-0.3, -0.25) is 4.79 Å². The minimum absolute atomic E-state index is 0.235. The maximum absolute atomic E-state index is 12.2. The van der Waals surface area contributed by atoms with Crippen LogP contribution in [0.5, 0.6) is 0 Å². The molecule has 0 aromatic carbocycles. The molecule has 2 fully saturated rings. The van der Waals surface area contributed by atoms with E-state index in [4.69, 9.17) is 4.74 Å². The van der Waals surface area contributed by atoms with E-state index in [0.29, 0.717) is 6.54 Å². The largest absolute Gasteiger partial charge is 0.481 e. The molecular formula is C15H25NO4. The number of ether oxygens (including phenoxy) is 1. The normalized spacial score (nSPS) is 25.8. The number of carbonyl (C=O) groups is 2. The predicted octanol–water partition coefficient (Wildman–Crippen LogP) is 2.89. The van der Waals surface area contributed by atoms with Crippen LogP contribution in [0.2, 0.25) is 0 Å². The van der Waals surface area contributed by atoms with E-state index >= 15 is 0 Å². The summed E-state index contributed by atoms with van der Waals surface area (Å²) in [6.07, 6.45) is 4.72. The summed E-state index contributed by atoms with van der Waals surface area (Å²) in [4.78, 5) is 25.3. The van der Waals surface area contributed by atoms with Gasteiger partial charge in [0.1, 0.15) is 5.60 Å². The van der Waals surface area contributed by atoms with E-state index in [1.54, 1.807) is 4.90 Å². The number of carboxylic acid groups (broad SMARTS) is 1. The monoisotopic (exact) mass is 283 g/mol. The van der Waals surface area contributed by atoms with Crippen LogP contribution in [0.1, 0.15) is 52.9 Å². The fraction of sp³-hybridized carbons (Fsp3) is 0.867. The Hall–Kier alpha value is -1.26. The predicted molar refractivity (Wildman–Crippen MR) is 74.5 cm³/mol. The molecule has 1 aliphatic carbocycles. The topological polar surface area (TPSA) is 66.8 Å². The van der Waals surface area contributed by atoms with Crippen molar-refractivity contribution in [1.29, 1.82) is 0 Å². The zero-order valence-corrected chi connectivity index (χ0v) is 12.6. The smallest absolute Gasteiger partial charge is 0.410 e. The van der Waals surface area contributed by atoms with Crippen LogP contribution in [-0.4, -0.2) is 40.8 Å². The fourth-order valence-corrected chi connectivity index (χ4v) is 3.54. The standard InChI is InChI=1S/C15H25NO4/c1-14(2,3)20-13(19)16-9-11(12(17)18)15(10-16)7-5-4-6-8-15/h11H,4-10H2,1-3H3,(H,17,18). The van der Waals surface area contributed by atoms with Crippen molar-refractivity contribution >= 4 is 12.1 Å². The lowest BCUT2D eigenvalue weighted by atomic mass is 9.68. The van der Waals surface area contributed by atoms with Gasteiger partial charge in [-0.1, -0.05) is 19.3 Å². The van der Waals surface area contributed by atoms with Gasteiger partial charge < -0.3 is 14.7 Å². The maximum atomic E-state index is 12.2. The molecule has 1 saturated carbocycles. The third kappa shape index (κ3) is 3.07. The Balaban J connectivity index is 2.12. The van der Waals surface area contributed by atoms with Crippen molar-refractivity contribution in [3.63, 3.8) is 0 Å². The molecule has 5 heteroatoms. The molecule has 1 saturated heterocycles. The van der Waals surface area contributed by atoms with Crippen LogP contribution in [0.4, 0.5) is 4.79 Å². The molecule has 1 unspecified atom stereocenters. The van der Waals surface area contributed by atoms with Crippen LogP contribution in [0.25, 0.3) is 0 Å². The minimum Gasteiger partial charge on any atom is -0.481 e. The molecular weight excluding hydrogens is 258 g/mol. The van der Waals surface area contributed by atoms with Crippen LogP contribution in [0, 0.1) is 11.3 Å². The first-order chi connectivity index (χ1) is 9.23. The van der Waals surface area contributed by atoms with Gasteiger partial charge in [0.15, 0.2) is 0 Å². The van der Waals surface area contributed by atoms with Crippen molar-refractivity contribution in [2.24, 2.45) is 11.3 Å². The van der Waals surface area contributed by atoms with E-state index < -0.39 is 17.5 Å². The number of carbonyl (C=O) groups excluding carboxylic acids is 1. The summed E-state index contributed by atoms with van der Waals surface area (Å²) in [7, 11) is 0. The van der Waals surface area contributed by atoms with E-state index in [0.717, 1.165) is 25.7 Å². The van der Waals surface area contributed by atoms with Crippen LogP contribution in [-0.2, 0) is 9.53 Å². The Morgan fingerprint density at radius 2 is 1.80 bits per heavy atom. The molecule has 0 aromatic rings. The molecule has 1 spiro atoms. The highest BCUT2D eigenvalue weighted by atomic mass is 16.6. The average molecular weight is 283 g/mol. The van der Waals surface area contributed by atoms with Gasteiger partial charge in [0.25, 0.3) is 0 Å². The second kappa shape index (κ2) is 5.26. The Morgan fingerprint density at radius 3 is 2.30 bits per heavy atom. The summed E-state index contributed by atoms with van der Waals surface area (Å²) in [5, 5.41) is 9.48. The summed E-state index contributed by atoms with van der Waals surface area (Å²) >= 11 is 0. The van der Waals surface area contributed by atoms with Crippen LogP contribution < -0.4 is 0 Å². The SMILES string of the molecule is CC(C)(C)OC(=O)N1CC(C(=O)O)C2(CCCCC2)C1. The number of nitrogens with zero attached hydrogens (tertiary/aromatic N) is 1. The number of rotatable bonds is 1. The number of aliphatic carboxylic acids is 1. The van der Waals surface area contributed by atoms with Gasteiger partial charge in [0, 0.05) is 18.5 Å². The van der Waals surface area contributed by atoms with Gasteiger partial charge in [0.2, 0.25) is 0 Å². The highest BCUT2D eigenvalue weighted by molar-refractivity contribution is 5.75. The van der Waals surface area contributed by atoms with Crippen molar-refractivity contribution in [2.45, 2.75) is 58.5 Å². The number of amides is 1. The Morgan fingerprint density at radius 1 is 1.20 bits per heavy atom. The summed E-state index contributed by atoms with van der Waals surface area (Å²) in [6, 6.07) is 0. The highest BCUT2D eigenvalue weighted by Gasteiger charge is 2.52. The summed E-state index contributed by atoms with van der Waals surface area (Å²) in [6.45, 7) is 6.28.